The van der Waals surface area contributed by atoms with Crippen molar-refractivity contribution in [2.45, 2.75) is 13.3 Å². The molecule has 1 fully saturated rings. The van der Waals surface area contributed by atoms with E-state index in [-0.39, 0.29) is 12.4 Å². The lowest BCUT2D eigenvalue weighted by molar-refractivity contribution is 0.101. The quantitative estimate of drug-likeness (QED) is 0.787. The highest BCUT2D eigenvalue weighted by Crippen LogP contribution is 2.27. The van der Waals surface area contributed by atoms with Crippen LogP contribution in [0.4, 0.5) is 5.69 Å². The Morgan fingerprint density at radius 2 is 2.25 bits per heavy atom. The molecule has 1 aliphatic heterocycles. The fourth-order valence-electron chi connectivity index (χ4n) is 2.25. The molecule has 1 aliphatic rings. The molecule has 0 aliphatic carbocycles. The number of carbonyl (C=O) groups is 1. The van der Waals surface area contributed by atoms with E-state index in [4.69, 9.17) is 5.11 Å². The number of Topliss-reactive ketones (excluding diaryl/α,β-unsaturated/α-hetero) is 1. The molecule has 1 N–H and O–H groups in total. The third kappa shape index (κ3) is 2.09. The second-order valence-electron chi connectivity index (χ2n) is 4.36. The van der Waals surface area contributed by atoms with Crippen molar-refractivity contribution in [1.82, 2.24) is 0 Å². The molecule has 1 unspecified atom stereocenters. The molecule has 3 nitrogen and oxygen atoms in total. The van der Waals surface area contributed by atoms with E-state index < -0.39 is 0 Å². The van der Waals surface area contributed by atoms with Crippen LogP contribution in [0.5, 0.6) is 0 Å². The number of hydrogen-bond donors (Lipinski definition) is 1. The van der Waals surface area contributed by atoms with E-state index in [2.05, 4.69) is 4.90 Å². The smallest absolute Gasteiger partial charge is 0.161 e. The van der Waals surface area contributed by atoms with Gasteiger partial charge in [0.05, 0.1) is 0 Å². The van der Waals surface area contributed by atoms with Crippen LogP contribution in [0.2, 0.25) is 0 Å². The van der Waals surface area contributed by atoms with Gasteiger partial charge in [0, 0.05) is 36.9 Å². The lowest BCUT2D eigenvalue weighted by Crippen LogP contribution is -2.22. The lowest BCUT2D eigenvalue weighted by atomic mass is 10.1. The number of hydrogen-bond acceptors (Lipinski definition) is 3. The summed E-state index contributed by atoms with van der Waals surface area (Å²) in [5.41, 5.74) is 1.78. The third-order valence-corrected chi connectivity index (χ3v) is 3.17. The van der Waals surface area contributed by atoms with Crippen molar-refractivity contribution >= 4 is 11.5 Å². The van der Waals surface area contributed by atoms with Gasteiger partial charge in [0.25, 0.3) is 0 Å². The van der Waals surface area contributed by atoms with Crippen molar-refractivity contribution in [3.63, 3.8) is 0 Å². The molecule has 1 saturated heterocycles. The molecule has 0 bridgehead atoms. The fourth-order valence-corrected chi connectivity index (χ4v) is 2.25. The SMILES string of the molecule is CC(=O)c1ccccc1N1CCC(CO)C1. The molecule has 0 spiro atoms. The van der Waals surface area contributed by atoms with Gasteiger partial charge in [0.15, 0.2) is 5.78 Å². The molecule has 3 heteroatoms. The molecule has 16 heavy (non-hydrogen) atoms. The molecular weight excluding hydrogens is 202 g/mol. The van der Waals surface area contributed by atoms with Crippen LogP contribution in [0.25, 0.3) is 0 Å². The van der Waals surface area contributed by atoms with Gasteiger partial charge in [-0.05, 0) is 25.5 Å². The van der Waals surface area contributed by atoms with Gasteiger partial charge in [0.1, 0.15) is 0 Å². The highest BCUT2D eigenvalue weighted by molar-refractivity contribution is 5.99. The van der Waals surface area contributed by atoms with E-state index in [9.17, 15) is 4.79 Å². The Kier molecular flexibility index (Phi) is 3.25. The van der Waals surface area contributed by atoms with Gasteiger partial charge in [-0.15, -0.1) is 0 Å². The number of benzene rings is 1. The minimum Gasteiger partial charge on any atom is -0.396 e. The Morgan fingerprint density at radius 1 is 1.50 bits per heavy atom. The van der Waals surface area contributed by atoms with Gasteiger partial charge in [-0.25, -0.2) is 0 Å². The van der Waals surface area contributed by atoms with Crippen molar-refractivity contribution in [3.8, 4) is 0 Å². The summed E-state index contributed by atoms with van der Waals surface area (Å²) in [5, 5.41) is 9.12. The molecule has 1 atom stereocenters. The number of nitrogens with zero attached hydrogens (tertiary/aromatic N) is 1. The van der Waals surface area contributed by atoms with Crippen molar-refractivity contribution in [1.29, 1.82) is 0 Å². The molecular formula is C13H17NO2. The number of aliphatic hydroxyl groups excluding tert-OH is 1. The monoisotopic (exact) mass is 219 g/mol. The van der Waals surface area contributed by atoms with Crippen LogP contribution in [0, 0.1) is 5.92 Å². The molecule has 1 aromatic rings. The summed E-state index contributed by atoms with van der Waals surface area (Å²) < 4.78 is 0. The van der Waals surface area contributed by atoms with Crippen molar-refractivity contribution in [3.05, 3.63) is 29.8 Å². The number of para-hydroxylation sites is 1. The summed E-state index contributed by atoms with van der Waals surface area (Å²) >= 11 is 0. The molecule has 2 rings (SSSR count). The van der Waals surface area contributed by atoms with Crippen LogP contribution >= 0.6 is 0 Å². The van der Waals surface area contributed by atoms with Crippen molar-refractivity contribution in [2.75, 3.05) is 24.6 Å². The van der Waals surface area contributed by atoms with Gasteiger partial charge >= 0.3 is 0 Å². The fraction of sp³-hybridized carbons (Fsp3) is 0.462. The number of anilines is 1. The normalized spacial score (nSPS) is 20.1. The highest BCUT2D eigenvalue weighted by Gasteiger charge is 2.23. The summed E-state index contributed by atoms with van der Waals surface area (Å²) in [4.78, 5) is 13.7. The lowest BCUT2D eigenvalue weighted by Gasteiger charge is -2.20. The predicted octanol–water partition coefficient (Wildman–Crippen LogP) is 1.71. The summed E-state index contributed by atoms with van der Waals surface area (Å²) in [6, 6.07) is 7.69. The largest absolute Gasteiger partial charge is 0.396 e. The number of ketones is 1. The minimum absolute atomic E-state index is 0.100. The van der Waals surface area contributed by atoms with Gasteiger partial charge in [-0.2, -0.15) is 0 Å². The maximum Gasteiger partial charge on any atom is 0.161 e. The van der Waals surface area contributed by atoms with Crippen molar-refractivity contribution < 1.29 is 9.90 Å². The molecule has 1 aromatic carbocycles. The first-order valence-electron chi connectivity index (χ1n) is 5.68. The third-order valence-electron chi connectivity index (χ3n) is 3.17. The summed E-state index contributed by atoms with van der Waals surface area (Å²) in [5.74, 6) is 0.447. The van der Waals surface area contributed by atoms with Crippen molar-refractivity contribution in [2.24, 2.45) is 5.92 Å². The number of rotatable bonds is 3. The zero-order valence-corrected chi connectivity index (χ0v) is 9.52. The average molecular weight is 219 g/mol. The van der Waals surface area contributed by atoms with Gasteiger partial charge in [0.2, 0.25) is 0 Å². The standard InChI is InChI=1S/C13H17NO2/c1-10(16)12-4-2-3-5-13(12)14-7-6-11(8-14)9-15/h2-5,11,15H,6-9H2,1H3. The second-order valence-corrected chi connectivity index (χ2v) is 4.36. The zero-order chi connectivity index (χ0) is 11.5. The van der Waals surface area contributed by atoms with Crippen LogP contribution in [-0.4, -0.2) is 30.6 Å². The van der Waals surface area contributed by atoms with E-state index in [0.717, 1.165) is 30.8 Å². The first-order chi connectivity index (χ1) is 7.72. The highest BCUT2D eigenvalue weighted by atomic mass is 16.3. The Morgan fingerprint density at radius 3 is 2.88 bits per heavy atom. The van der Waals surface area contributed by atoms with Gasteiger partial charge < -0.3 is 10.0 Å². The summed E-state index contributed by atoms with van der Waals surface area (Å²) in [7, 11) is 0. The van der Waals surface area contributed by atoms with Crippen LogP contribution < -0.4 is 4.90 Å². The Labute approximate surface area is 95.7 Å². The van der Waals surface area contributed by atoms with E-state index in [1.165, 1.54) is 0 Å². The zero-order valence-electron chi connectivity index (χ0n) is 9.52. The minimum atomic E-state index is 0.100. The van der Waals surface area contributed by atoms with Crippen LogP contribution in [0.15, 0.2) is 24.3 Å². The van der Waals surface area contributed by atoms with E-state index >= 15 is 0 Å². The van der Waals surface area contributed by atoms with Gasteiger partial charge in [-0.1, -0.05) is 12.1 Å². The Hall–Kier alpha value is -1.35. The molecule has 0 aromatic heterocycles. The molecule has 0 radical (unpaired) electrons. The van der Waals surface area contributed by atoms with E-state index in [1.807, 2.05) is 24.3 Å². The Balaban J connectivity index is 2.24. The first kappa shape index (κ1) is 11.1. The van der Waals surface area contributed by atoms with E-state index in [1.54, 1.807) is 6.92 Å². The topological polar surface area (TPSA) is 40.5 Å². The van der Waals surface area contributed by atoms with Crippen LogP contribution in [0.3, 0.4) is 0 Å². The summed E-state index contributed by atoms with van der Waals surface area (Å²) in [6.07, 6.45) is 1.00. The maximum atomic E-state index is 11.5. The number of aliphatic hydroxyl groups is 1. The van der Waals surface area contributed by atoms with Crippen LogP contribution in [-0.2, 0) is 0 Å². The maximum absolute atomic E-state index is 11.5. The Bertz CT molecular complexity index is 389. The molecule has 0 amide bonds. The molecule has 1 heterocycles. The van der Waals surface area contributed by atoms with E-state index in [0.29, 0.717) is 5.92 Å². The second kappa shape index (κ2) is 4.66. The number of carbonyl (C=O) groups excluding carboxylic acids is 1. The first-order valence-corrected chi connectivity index (χ1v) is 5.68. The molecule has 0 saturated carbocycles. The predicted molar refractivity (Wildman–Crippen MR) is 63.9 cm³/mol. The summed E-state index contributed by atoms with van der Waals surface area (Å²) in [6.45, 7) is 3.60. The molecule has 86 valence electrons. The average Bonchev–Trinajstić information content (AvgIpc) is 2.77. The van der Waals surface area contributed by atoms with Gasteiger partial charge in [-0.3, -0.25) is 4.79 Å². The van der Waals surface area contributed by atoms with Crippen LogP contribution in [0.1, 0.15) is 23.7 Å².